The number of hydrogen-bond donors (Lipinski definition) is 2. The largest absolute Gasteiger partial charge is 0.496 e. The fourth-order valence-electron chi connectivity index (χ4n) is 2.27. The quantitative estimate of drug-likeness (QED) is 0.753. The number of ether oxygens (including phenoxy) is 1. The van der Waals surface area contributed by atoms with Crippen LogP contribution in [0, 0.1) is 0 Å². The van der Waals surface area contributed by atoms with Gasteiger partial charge in [-0.05, 0) is 36.5 Å². The van der Waals surface area contributed by atoms with Gasteiger partial charge in [-0.1, -0.05) is 12.1 Å². The lowest BCUT2D eigenvalue weighted by Crippen LogP contribution is -2.51. The predicted molar refractivity (Wildman–Crippen MR) is 61.0 cm³/mol. The van der Waals surface area contributed by atoms with Gasteiger partial charge in [0.1, 0.15) is 5.75 Å². The normalized spacial score (nSPS) is 24.7. The molecule has 1 aliphatic rings. The maximum Gasteiger partial charge on any atom is 0.122 e. The van der Waals surface area contributed by atoms with E-state index in [1.165, 1.54) is 11.1 Å². The van der Waals surface area contributed by atoms with E-state index in [0.29, 0.717) is 6.54 Å². The highest BCUT2D eigenvalue weighted by molar-refractivity contribution is 5.43. The minimum Gasteiger partial charge on any atom is -0.496 e. The molecule has 0 heterocycles. The fraction of sp³-hybridized carbons (Fsp3) is 0.500. The minimum absolute atomic E-state index is 0.223. The molecule has 3 nitrogen and oxygen atoms in total. The average Bonchev–Trinajstić information content (AvgIpc) is 2.28. The molecule has 0 radical (unpaired) electrons. The van der Waals surface area contributed by atoms with E-state index in [1.54, 1.807) is 7.11 Å². The molecule has 1 atom stereocenters. The van der Waals surface area contributed by atoms with Crippen LogP contribution in [0.5, 0.6) is 5.75 Å². The van der Waals surface area contributed by atoms with Crippen LogP contribution < -0.4 is 16.2 Å². The summed E-state index contributed by atoms with van der Waals surface area (Å²) in [5.41, 5.74) is 14.3. The summed E-state index contributed by atoms with van der Waals surface area (Å²) < 4.78 is 5.34. The van der Waals surface area contributed by atoms with Crippen LogP contribution in [0.25, 0.3) is 0 Å². The van der Waals surface area contributed by atoms with Gasteiger partial charge in [-0.25, -0.2) is 0 Å². The molecule has 0 bridgehead atoms. The molecule has 1 aliphatic carbocycles. The van der Waals surface area contributed by atoms with Gasteiger partial charge in [0, 0.05) is 12.1 Å². The Hall–Kier alpha value is -1.06. The van der Waals surface area contributed by atoms with Crippen LogP contribution in [0.3, 0.4) is 0 Å². The molecule has 0 aliphatic heterocycles. The summed E-state index contributed by atoms with van der Waals surface area (Å²) in [5, 5.41) is 0. The molecular weight excluding hydrogens is 188 g/mol. The van der Waals surface area contributed by atoms with Crippen molar-refractivity contribution >= 4 is 0 Å². The third-order valence-corrected chi connectivity index (χ3v) is 3.27. The Balaban J connectivity index is 2.35. The highest BCUT2D eigenvalue weighted by Crippen LogP contribution is 2.32. The first kappa shape index (κ1) is 10.5. The van der Waals surface area contributed by atoms with E-state index in [9.17, 15) is 0 Å². The van der Waals surface area contributed by atoms with Crippen molar-refractivity contribution in [2.45, 2.75) is 24.8 Å². The van der Waals surface area contributed by atoms with Gasteiger partial charge in [0.25, 0.3) is 0 Å². The lowest BCUT2D eigenvalue weighted by atomic mass is 9.78. The molecule has 0 saturated heterocycles. The van der Waals surface area contributed by atoms with Crippen LogP contribution in [-0.4, -0.2) is 19.2 Å². The fourth-order valence-corrected chi connectivity index (χ4v) is 2.27. The molecular formula is C12H18N2O. The minimum atomic E-state index is -0.223. The van der Waals surface area contributed by atoms with Crippen molar-refractivity contribution < 1.29 is 4.74 Å². The summed E-state index contributed by atoms with van der Waals surface area (Å²) in [5.74, 6) is 0.978. The van der Waals surface area contributed by atoms with E-state index in [4.69, 9.17) is 16.2 Å². The van der Waals surface area contributed by atoms with Gasteiger partial charge in [0.15, 0.2) is 0 Å². The SMILES string of the molecule is COc1cccc2c1CCC(N)(CN)C2. The molecule has 0 saturated carbocycles. The Morgan fingerprint density at radius 3 is 2.93 bits per heavy atom. The summed E-state index contributed by atoms with van der Waals surface area (Å²) in [6.45, 7) is 0.545. The van der Waals surface area contributed by atoms with Crippen molar-refractivity contribution in [2.75, 3.05) is 13.7 Å². The van der Waals surface area contributed by atoms with Gasteiger partial charge in [-0.15, -0.1) is 0 Å². The summed E-state index contributed by atoms with van der Waals surface area (Å²) in [4.78, 5) is 0. The van der Waals surface area contributed by atoms with Crippen LogP contribution in [0.2, 0.25) is 0 Å². The molecule has 4 N–H and O–H groups in total. The zero-order chi connectivity index (χ0) is 10.9. The summed E-state index contributed by atoms with van der Waals surface area (Å²) in [6, 6.07) is 6.14. The van der Waals surface area contributed by atoms with Gasteiger partial charge >= 0.3 is 0 Å². The van der Waals surface area contributed by atoms with E-state index in [-0.39, 0.29) is 5.54 Å². The predicted octanol–water partition coefficient (Wildman–Crippen LogP) is 0.840. The van der Waals surface area contributed by atoms with Crippen molar-refractivity contribution in [3.05, 3.63) is 29.3 Å². The molecule has 0 amide bonds. The van der Waals surface area contributed by atoms with Gasteiger partial charge in [-0.3, -0.25) is 0 Å². The second-order valence-electron chi connectivity index (χ2n) is 4.34. The van der Waals surface area contributed by atoms with Gasteiger partial charge in [-0.2, -0.15) is 0 Å². The summed E-state index contributed by atoms with van der Waals surface area (Å²) in [7, 11) is 1.71. The summed E-state index contributed by atoms with van der Waals surface area (Å²) in [6.07, 6.45) is 2.76. The first-order chi connectivity index (χ1) is 7.18. The first-order valence-electron chi connectivity index (χ1n) is 5.32. The average molecular weight is 206 g/mol. The molecule has 82 valence electrons. The van der Waals surface area contributed by atoms with Crippen molar-refractivity contribution in [3.8, 4) is 5.75 Å². The molecule has 0 aromatic heterocycles. The molecule has 1 aromatic carbocycles. The second kappa shape index (κ2) is 3.83. The zero-order valence-corrected chi connectivity index (χ0v) is 9.12. The van der Waals surface area contributed by atoms with Crippen LogP contribution in [-0.2, 0) is 12.8 Å². The number of benzene rings is 1. The molecule has 15 heavy (non-hydrogen) atoms. The highest BCUT2D eigenvalue weighted by atomic mass is 16.5. The zero-order valence-electron chi connectivity index (χ0n) is 9.12. The topological polar surface area (TPSA) is 61.3 Å². The molecule has 1 aromatic rings. The summed E-state index contributed by atoms with van der Waals surface area (Å²) >= 11 is 0. The monoisotopic (exact) mass is 206 g/mol. The standard InChI is InChI=1S/C12H18N2O/c1-15-11-4-2-3-9-7-12(14,8-13)6-5-10(9)11/h2-4H,5-8,13-14H2,1H3. The molecule has 0 spiro atoms. The number of fused-ring (bicyclic) bond motifs is 1. The second-order valence-corrected chi connectivity index (χ2v) is 4.34. The molecule has 1 unspecified atom stereocenters. The van der Waals surface area contributed by atoms with Crippen LogP contribution in [0.1, 0.15) is 17.5 Å². The van der Waals surface area contributed by atoms with Crippen molar-refractivity contribution in [3.63, 3.8) is 0 Å². The van der Waals surface area contributed by atoms with Gasteiger partial charge in [0.05, 0.1) is 7.11 Å². The lowest BCUT2D eigenvalue weighted by Gasteiger charge is -2.34. The molecule has 2 rings (SSSR count). The van der Waals surface area contributed by atoms with E-state index in [0.717, 1.165) is 25.0 Å². The van der Waals surface area contributed by atoms with E-state index < -0.39 is 0 Å². The third-order valence-electron chi connectivity index (χ3n) is 3.27. The van der Waals surface area contributed by atoms with Crippen molar-refractivity contribution in [1.29, 1.82) is 0 Å². The molecule has 0 fully saturated rings. The molecule has 3 heteroatoms. The first-order valence-corrected chi connectivity index (χ1v) is 5.32. The number of rotatable bonds is 2. The smallest absolute Gasteiger partial charge is 0.122 e. The lowest BCUT2D eigenvalue weighted by molar-refractivity contribution is 0.364. The maximum atomic E-state index is 6.20. The maximum absolute atomic E-state index is 6.20. The number of methoxy groups -OCH3 is 1. The highest BCUT2D eigenvalue weighted by Gasteiger charge is 2.30. The van der Waals surface area contributed by atoms with Crippen molar-refractivity contribution in [1.82, 2.24) is 0 Å². The van der Waals surface area contributed by atoms with E-state index in [1.807, 2.05) is 12.1 Å². The Kier molecular flexibility index (Phi) is 2.67. The van der Waals surface area contributed by atoms with Crippen molar-refractivity contribution in [2.24, 2.45) is 11.5 Å². The third kappa shape index (κ3) is 1.85. The van der Waals surface area contributed by atoms with E-state index >= 15 is 0 Å². The van der Waals surface area contributed by atoms with Crippen LogP contribution in [0.15, 0.2) is 18.2 Å². The van der Waals surface area contributed by atoms with Crippen LogP contribution in [0.4, 0.5) is 0 Å². The van der Waals surface area contributed by atoms with E-state index in [2.05, 4.69) is 6.07 Å². The van der Waals surface area contributed by atoms with Gasteiger partial charge in [0.2, 0.25) is 0 Å². The van der Waals surface area contributed by atoms with Gasteiger partial charge < -0.3 is 16.2 Å². The Labute approximate surface area is 90.4 Å². The Morgan fingerprint density at radius 2 is 2.27 bits per heavy atom. The Bertz CT molecular complexity index is 365. The Morgan fingerprint density at radius 1 is 1.47 bits per heavy atom. The van der Waals surface area contributed by atoms with Crippen LogP contribution >= 0.6 is 0 Å². The number of hydrogen-bond acceptors (Lipinski definition) is 3. The number of nitrogens with two attached hydrogens (primary N) is 2.